The lowest BCUT2D eigenvalue weighted by atomic mass is 9.81. The van der Waals surface area contributed by atoms with E-state index in [0.717, 1.165) is 50.0 Å². The molecular formula is C39H45N3O. The van der Waals surface area contributed by atoms with Crippen molar-refractivity contribution in [2.24, 2.45) is 5.92 Å². The monoisotopic (exact) mass is 571 g/mol. The second-order valence-corrected chi connectivity index (χ2v) is 13.0. The molecule has 1 saturated heterocycles. The summed E-state index contributed by atoms with van der Waals surface area (Å²) in [5.74, 6) is 2.46. The van der Waals surface area contributed by atoms with Crippen molar-refractivity contribution in [2.45, 2.75) is 71.4 Å². The highest BCUT2D eigenvalue weighted by molar-refractivity contribution is 5.78. The van der Waals surface area contributed by atoms with E-state index in [9.17, 15) is 5.11 Å². The van der Waals surface area contributed by atoms with E-state index in [4.69, 9.17) is 4.98 Å². The molecular weight excluding hydrogens is 526 g/mol. The molecule has 1 N–H and O–H groups in total. The summed E-state index contributed by atoms with van der Waals surface area (Å²) in [6, 6.07) is 24.6. The molecule has 1 aliphatic carbocycles. The number of benzene rings is 3. The minimum absolute atomic E-state index is 0.128. The van der Waals surface area contributed by atoms with E-state index in [1.54, 1.807) is 0 Å². The van der Waals surface area contributed by atoms with Gasteiger partial charge in [-0.2, -0.15) is 0 Å². The van der Waals surface area contributed by atoms with Crippen LogP contribution in [-0.4, -0.2) is 32.6 Å². The Morgan fingerprint density at radius 2 is 1.74 bits per heavy atom. The summed E-state index contributed by atoms with van der Waals surface area (Å²) in [7, 11) is 0. The Kier molecular flexibility index (Phi) is 8.41. The molecule has 1 aromatic heterocycles. The first-order valence-corrected chi connectivity index (χ1v) is 15.9. The number of aliphatic hydroxyl groups is 1. The van der Waals surface area contributed by atoms with Crippen LogP contribution in [0.2, 0.25) is 0 Å². The Morgan fingerprint density at radius 1 is 1.00 bits per heavy atom. The van der Waals surface area contributed by atoms with Crippen molar-refractivity contribution >= 4 is 16.8 Å². The predicted molar refractivity (Wildman–Crippen MR) is 180 cm³/mol. The number of aromatic nitrogens is 2. The van der Waals surface area contributed by atoms with Gasteiger partial charge >= 0.3 is 0 Å². The van der Waals surface area contributed by atoms with E-state index in [2.05, 4.69) is 117 Å². The number of likely N-dealkylation sites (tertiary alicyclic amines) is 1. The Bertz CT molecular complexity index is 1660. The van der Waals surface area contributed by atoms with Crippen LogP contribution in [0.1, 0.15) is 91.6 Å². The quantitative estimate of drug-likeness (QED) is 0.214. The van der Waals surface area contributed by atoms with Gasteiger partial charge in [0.05, 0.1) is 11.0 Å². The van der Waals surface area contributed by atoms with Gasteiger partial charge in [0, 0.05) is 43.1 Å². The number of aliphatic hydroxyl groups excluding tert-OH is 1. The first kappa shape index (κ1) is 29.2. The van der Waals surface area contributed by atoms with Crippen molar-refractivity contribution in [1.29, 1.82) is 0 Å². The smallest absolute Gasteiger partial charge is 0.115 e. The first-order valence-electron chi connectivity index (χ1n) is 15.9. The first-order chi connectivity index (χ1) is 20.8. The summed E-state index contributed by atoms with van der Waals surface area (Å²) < 4.78 is 2.58. The summed E-state index contributed by atoms with van der Waals surface area (Å²) in [4.78, 5) is 7.73. The number of nitrogens with zero attached hydrogens (tertiary/aromatic N) is 3. The topological polar surface area (TPSA) is 41.3 Å². The van der Waals surface area contributed by atoms with Gasteiger partial charge < -0.3 is 9.67 Å². The summed E-state index contributed by atoms with van der Waals surface area (Å²) in [5.41, 5.74) is 9.73. The molecule has 0 spiro atoms. The largest absolute Gasteiger partial charge is 0.508 e. The third-order valence-electron chi connectivity index (χ3n) is 9.27. The van der Waals surface area contributed by atoms with Crippen LogP contribution in [0.5, 0.6) is 0 Å². The van der Waals surface area contributed by atoms with Crippen LogP contribution in [-0.2, 0) is 6.54 Å². The number of imidazole rings is 1. The van der Waals surface area contributed by atoms with Crippen LogP contribution in [0, 0.1) is 12.8 Å². The SMILES string of the molecule is C=C(O)c1cccc(CN2CCC(n3c(C(C)C)nc4ccc(C(C5=CCC(C)C=C5)c5ccc(C)cc5)cc43)CC2)c1. The minimum atomic E-state index is 0.128. The Morgan fingerprint density at radius 3 is 2.42 bits per heavy atom. The van der Waals surface area contributed by atoms with Gasteiger partial charge in [-0.25, -0.2) is 4.98 Å². The van der Waals surface area contributed by atoms with Gasteiger partial charge in [0.2, 0.25) is 0 Å². The molecule has 43 heavy (non-hydrogen) atoms. The number of aryl methyl sites for hydroxylation is 1. The second-order valence-electron chi connectivity index (χ2n) is 13.0. The Balaban J connectivity index is 1.31. The maximum Gasteiger partial charge on any atom is 0.115 e. The lowest BCUT2D eigenvalue weighted by molar-refractivity contribution is 0.179. The zero-order valence-corrected chi connectivity index (χ0v) is 26.1. The van der Waals surface area contributed by atoms with Crippen molar-refractivity contribution in [1.82, 2.24) is 14.5 Å². The lowest BCUT2D eigenvalue weighted by Gasteiger charge is -2.34. The average Bonchev–Trinajstić information content (AvgIpc) is 3.39. The molecule has 2 aliphatic rings. The summed E-state index contributed by atoms with van der Waals surface area (Å²) in [6.07, 6.45) is 10.4. The average molecular weight is 572 g/mol. The van der Waals surface area contributed by atoms with E-state index in [1.807, 2.05) is 12.1 Å². The van der Waals surface area contributed by atoms with Crippen molar-refractivity contribution in [3.05, 3.63) is 131 Å². The van der Waals surface area contributed by atoms with Crippen molar-refractivity contribution in [2.75, 3.05) is 13.1 Å². The molecule has 2 unspecified atom stereocenters. The van der Waals surface area contributed by atoms with Crippen molar-refractivity contribution in [3.63, 3.8) is 0 Å². The fourth-order valence-corrected chi connectivity index (χ4v) is 6.84. The number of fused-ring (bicyclic) bond motifs is 1. The zero-order chi connectivity index (χ0) is 30.1. The van der Waals surface area contributed by atoms with Crippen molar-refractivity contribution < 1.29 is 5.11 Å². The molecule has 1 fully saturated rings. The van der Waals surface area contributed by atoms with Gasteiger partial charge in [-0.15, -0.1) is 0 Å². The highest BCUT2D eigenvalue weighted by atomic mass is 16.3. The molecule has 4 aromatic rings. The highest BCUT2D eigenvalue weighted by Crippen LogP contribution is 2.39. The molecule has 1 aliphatic heterocycles. The standard InChI is InChI=1S/C39H45N3O/c1-26(2)39-40-36-18-17-34(38(31-13-9-27(3)10-14-31)32-15-11-28(4)12-16-32)24-37(36)42(39)35-19-21-41(22-20-35)25-30-7-6-8-33(23-30)29(5)43/h6-11,13-18,23-24,26,28,35,38,43H,5,12,19-22,25H2,1-4H3. The predicted octanol–water partition coefficient (Wildman–Crippen LogP) is 9.49. The fourth-order valence-electron chi connectivity index (χ4n) is 6.84. The van der Waals surface area contributed by atoms with Crippen LogP contribution in [0.3, 0.4) is 0 Å². The van der Waals surface area contributed by atoms with Gasteiger partial charge in [0.1, 0.15) is 11.6 Å². The molecule has 2 atom stereocenters. The molecule has 4 heteroatoms. The summed E-state index contributed by atoms with van der Waals surface area (Å²) in [6.45, 7) is 15.6. The van der Waals surface area contributed by atoms with Crippen LogP contribution in [0.4, 0.5) is 0 Å². The van der Waals surface area contributed by atoms with Gasteiger partial charge in [0.15, 0.2) is 0 Å². The summed E-state index contributed by atoms with van der Waals surface area (Å²) in [5, 5.41) is 9.84. The van der Waals surface area contributed by atoms with Crippen LogP contribution in [0.25, 0.3) is 16.8 Å². The van der Waals surface area contributed by atoms with E-state index < -0.39 is 0 Å². The molecule has 222 valence electrons. The van der Waals surface area contributed by atoms with Gasteiger partial charge in [0.25, 0.3) is 0 Å². The van der Waals surface area contributed by atoms with Gasteiger partial charge in [-0.1, -0.05) is 99.7 Å². The van der Waals surface area contributed by atoms with Gasteiger partial charge in [-0.05, 0) is 72.6 Å². The molecule has 0 bridgehead atoms. The van der Waals surface area contributed by atoms with Crippen LogP contribution >= 0.6 is 0 Å². The summed E-state index contributed by atoms with van der Waals surface area (Å²) >= 11 is 0. The minimum Gasteiger partial charge on any atom is -0.508 e. The van der Waals surface area contributed by atoms with Crippen LogP contribution in [0.15, 0.2) is 97.1 Å². The third-order valence-corrected chi connectivity index (χ3v) is 9.27. The van der Waals surface area contributed by atoms with Gasteiger partial charge in [-0.3, -0.25) is 4.90 Å². The molecule has 0 amide bonds. The number of hydrogen-bond acceptors (Lipinski definition) is 3. The number of rotatable bonds is 8. The Hall–Kier alpha value is -3.89. The molecule has 0 saturated carbocycles. The molecule has 3 aromatic carbocycles. The number of hydrogen-bond donors (Lipinski definition) is 1. The highest BCUT2D eigenvalue weighted by Gasteiger charge is 2.27. The van der Waals surface area contributed by atoms with E-state index in [1.165, 1.54) is 39.2 Å². The van der Waals surface area contributed by atoms with E-state index in [0.29, 0.717) is 17.9 Å². The van der Waals surface area contributed by atoms with E-state index >= 15 is 0 Å². The normalized spacial score (nSPS) is 18.7. The molecule has 4 nitrogen and oxygen atoms in total. The number of piperidine rings is 1. The fraction of sp³-hybridized carbons (Fsp3) is 0.359. The van der Waals surface area contributed by atoms with Crippen LogP contribution < -0.4 is 0 Å². The molecule has 2 heterocycles. The zero-order valence-electron chi connectivity index (χ0n) is 26.1. The van der Waals surface area contributed by atoms with E-state index in [-0.39, 0.29) is 11.7 Å². The molecule has 6 rings (SSSR count). The maximum atomic E-state index is 9.84. The number of allylic oxidation sites excluding steroid dienone is 4. The third kappa shape index (κ3) is 6.26. The Labute approximate surface area is 257 Å². The maximum absolute atomic E-state index is 9.84. The lowest BCUT2D eigenvalue weighted by Crippen LogP contribution is -2.34. The second kappa shape index (κ2) is 12.4. The molecule has 0 radical (unpaired) electrons. The van der Waals surface area contributed by atoms with Crippen molar-refractivity contribution in [3.8, 4) is 0 Å².